The first-order valence-corrected chi connectivity index (χ1v) is 10.9. The molecule has 1 aliphatic heterocycles. The van der Waals surface area contributed by atoms with Gasteiger partial charge >= 0.3 is 0 Å². The molecule has 3 aromatic rings. The Morgan fingerprint density at radius 2 is 1.79 bits per heavy atom. The van der Waals surface area contributed by atoms with Gasteiger partial charge in [-0.2, -0.15) is 5.10 Å². The molecule has 0 radical (unpaired) electrons. The van der Waals surface area contributed by atoms with Crippen molar-refractivity contribution in [2.45, 2.75) is 12.5 Å². The van der Waals surface area contributed by atoms with E-state index in [-0.39, 0.29) is 18.6 Å². The first-order chi connectivity index (χ1) is 16.0. The SMILES string of the molecule is CN(C)c1ccc(C2CC(c3ccccc3Cl)=NN2C(=O)COc2ccc(C=O)cc2)cc1. The molecular formula is C26H24ClN3O3. The molecule has 1 unspecified atom stereocenters. The van der Waals surface area contributed by atoms with Gasteiger partial charge in [0, 0.05) is 42.4 Å². The van der Waals surface area contributed by atoms with Crippen molar-refractivity contribution in [3.8, 4) is 5.75 Å². The summed E-state index contributed by atoms with van der Waals surface area (Å²) in [4.78, 5) is 26.0. The minimum Gasteiger partial charge on any atom is -0.484 e. The van der Waals surface area contributed by atoms with E-state index in [9.17, 15) is 9.59 Å². The van der Waals surface area contributed by atoms with E-state index in [4.69, 9.17) is 16.3 Å². The third kappa shape index (κ3) is 5.07. The van der Waals surface area contributed by atoms with Crippen molar-refractivity contribution in [3.05, 3.63) is 94.5 Å². The molecule has 168 valence electrons. The summed E-state index contributed by atoms with van der Waals surface area (Å²) in [5.74, 6) is 0.244. The number of aldehydes is 1. The van der Waals surface area contributed by atoms with Gasteiger partial charge in [0.25, 0.3) is 5.91 Å². The van der Waals surface area contributed by atoms with Crippen LogP contribution in [0.5, 0.6) is 5.75 Å². The van der Waals surface area contributed by atoms with Crippen LogP contribution in [0.15, 0.2) is 77.9 Å². The van der Waals surface area contributed by atoms with Crippen molar-refractivity contribution < 1.29 is 14.3 Å². The summed E-state index contributed by atoms with van der Waals surface area (Å²) < 4.78 is 5.67. The van der Waals surface area contributed by atoms with Gasteiger partial charge in [-0.25, -0.2) is 5.01 Å². The molecule has 1 amide bonds. The number of carbonyl (C=O) groups excluding carboxylic acids is 2. The lowest BCUT2D eigenvalue weighted by Crippen LogP contribution is -2.31. The van der Waals surface area contributed by atoms with Crippen LogP contribution in [0.25, 0.3) is 0 Å². The highest BCUT2D eigenvalue weighted by Crippen LogP contribution is 2.35. The Labute approximate surface area is 198 Å². The molecule has 0 aliphatic carbocycles. The van der Waals surface area contributed by atoms with Crippen molar-refractivity contribution in [1.82, 2.24) is 5.01 Å². The molecule has 0 spiro atoms. The summed E-state index contributed by atoms with van der Waals surface area (Å²) in [6.07, 6.45) is 1.31. The van der Waals surface area contributed by atoms with E-state index in [1.165, 1.54) is 5.01 Å². The number of rotatable bonds is 7. The second kappa shape index (κ2) is 9.88. The van der Waals surface area contributed by atoms with E-state index in [0.717, 1.165) is 28.8 Å². The topological polar surface area (TPSA) is 62.2 Å². The van der Waals surface area contributed by atoms with Crippen molar-refractivity contribution in [2.24, 2.45) is 5.10 Å². The summed E-state index contributed by atoms with van der Waals surface area (Å²) in [5.41, 5.74) is 4.17. The quantitative estimate of drug-likeness (QED) is 0.466. The number of anilines is 1. The van der Waals surface area contributed by atoms with Crippen LogP contribution in [-0.2, 0) is 4.79 Å². The Bertz CT molecular complexity index is 1170. The highest BCUT2D eigenvalue weighted by Gasteiger charge is 2.34. The molecule has 0 saturated heterocycles. The van der Waals surface area contributed by atoms with E-state index < -0.39 is 0 Å². The fourth-order valence-electron chi connectivity index (χ4n) is 3.71. The number of nitrogens with zero attached hydrogens (tertiary/aromatic N) is 3. The predicted octanol–water partition coefficient (Wildman–Crippen LogP) is 4.98. The zero-order valence-electron chi connectivity index (χ0n) is 18.4. The molecule has 0 aromatic heterocycles. The molecule has 1 atom stereocenters. The standard InChI is InChI=1S/C26H24ClN3O3/c1-29(2)20-11-9-19(10-12-20)25-15-24(22-5-3-4-6-23(22)27)28-30(25)26(32)17-33-21-13-7-18(16-31)8-14-21/h3-14,16,25H,15,17H2,1-2H3. The third-order valence-electron chi connectivity index (χ3n) is 5.52. The van der Waals surface area contributed by atoms with Gasteiger partial charge in [0.15, 0.2) is 6.61 Å². The number of amides is 1. The van der Waals surface area contributed by atoms with Crippen molar-refractivity contribution in [3.63, 3.8) is 0 Å². The van der Waals surface area contributed by atoms with Crippen molar-refractivity contribution in [2.75, 3.05) is 25.6 Å². The lowest BCUT2D eigenvalue weighted by Gasteiger charge is -2.23. The molecule has 0 fully saturated rings. The molecule has 4 rings (SSSR count). The largest absolute Gasteiger partial charge is 0.484 e. The molecular weight excluding hydrogens is 438 g/mol. The van der Waals surface area contributed by atoms with Gasteiger partial charge in [0.05, 0.1) is 11.8 Å². The highest BCUT2D eigenvalue weighted by molar-refractivity contribution is 6.34. The monoisotopic (exact) mass is 461 g/mol. The summed E-state index contributed by atoms with van der Waals surface area (Å²) in [6.45, 7) is -0.175. The summed E-state index contributed by atoms with van der Waals surface area (Å²) in [6, 6.07) is 21.9. The minimum absolute atomic E-state index is 0.175. The Morgan fingerprint density at radius 3 is 2.42 bits per heavy atom. The normalized spacial score (nSPS) is 15.2. The number of halogens is 1. The summed E-state index contributed by atoms with van der Waals surface area (Å²) in [7, 11) is 3.97. The molecule has 7 heteroatoms. The van der Waals surface area contributed by atoms with Gasteiger partial charge in [0.1, 0.15) is 12.0 Å². The van der Waals surface area contributed by atoms with Gasteiger partial charge in [-0.3, -0.25) is 9.59 Å². The van der Waals surface area contributed by atoms with Crippen LogP contribution in [0.3, 0.4) is 0 Å². The Kier molecular flexibility index (Phi) is 6.75. The maximum atomic E-state index is 13.2. The Morgan fingerprint density at radius 1 is 1.09 bits per heavy atom. The second-order valence-corrected chi connectivity index (χ2v) is 8.35. The fraction of sp³-hybridized carbons (Fsp3) is 0.192. The molecule has 0 saturated carbocycles. The summed E-state index contributed by atoms with van der Waals surface area (Å²) >= 11 is 6.41. The van der Waals surface area contributed by atoms with Gasteiger partial charge < -0.3 is 9.64 Å². The lowest BCUT2D eigenvalue weighted by atomic mass is 9.98. The zero-order chi connectivity index (χ0) is 23.4. The second-order valence-electron chi connectivity index (χ2n) is 7.95. The predicted molar refractivity (Wildman–Crippen MR) is 130 cm³/mol. The van der Waals surface area contributed by atoms with Crippen LogP contribution in [0, 0.1) is 0 Å². The maximum Gasteiger partial charge on any atom is 0.281 e. The molecule has 6 nitrogen and oxygen atoms in total. The van der Waals surface area contributed by atoms with Crippen LogP contribution in [0.2, 0.25) is 5.02 Å². The van der Waals surface area contributed by atoms with Gasteiger partial charge in [-0.05, 0) is 48.0 Å². The number of hydrogen-bond donors (Lipinski definition) is 0. The highest BCUT2D eigenvalue weighted by atomic mass is 35.5. The minimum atomic E-state index is -0.266. The number of hydrazone groups is 1. The van der Waals surface area contributed by atoms with Crippen molar-refractivity contribution >= 4 is 35.2 Å². The molecule has 1 heterocycles. The molecule has 0 bridgehead atoms. The van der Waals surface area contributed by atoms with E-state index in [1.807, 2.05) is 67.5 Å². The van der Waals surface area contributed by atoms with Crippen LogP contribution in [-0.4, -0.2) is 43.6 Å². The molecule has 33 heavy (non-hydrogen) atoms. The number of carbonyl (C=O) groups is 2. The molecule has 3 aromatic carbocycles. The van der Waals surface area contributed by atoms with Crippen LogP contribution >= 0.6 is 11.6 Å². The van der Waals surface area contributed by atoms with Gasteiger partial charge in [0.2, 0.25) is 0 Å². The van der Waals surface area contributed by atoms with Crippen molar-refractivity contribution in [1.29, 1.82) is 0 Å². The Balaban J connectivity index is 1.58. The van der Waals surface area contributed by atoms with Crippen LogP contribution < -0.4 is 9.64 Å². The maximum absolute atomic E-state index is 13.2. The van der Waals surface area contributed by atoms with E-state index in [2.05, 4.69) is 5.10 Å². The summed E-state index contributed by atoms with van der Waals surface area (Å²) in [5, 5.41) is 6.74. The number of hydrogen-bond acceptors (Lipinski definition) is 5. The fourth-order valence-corrected chi connectivity index (χ4v) is 3.95. The third-order valence-corrected chi connectivity index (χ3v) is 5.85. The molecule has 1 aliphatic rings. The number of ether oxygens (including phenoxy) is 1. The lowest BCUT2D eigenvalue weighted by molar-refractivity contribution is -0.135. The Hall–Kier alpha value is -3.64. The average Bonchev–Trinajstić information content (AvgIpc) is 3.28. The van der Waals surface area contributed by atoms with Crippen LogP contribution in [0.1, 0.15) is 33.9 Å². The van der Waals surface area contributed by atoms with Crippen LogP contribution in [0.4, 0.5) is 5.69 Å². The smallest absolute Gasteiger partial charge is 0.281 e. The molecule has 0 N–H and O–H groups in total. The van der Waals surface area contributed by atoms with E-state index >= 15 is 0 Å². The first-order valence-electron chi connectivity index (χ1n) is 10.6. The average molecular weight is 462 g/mol. The zero-order valence-corrected chi connectivity index (χ0v) is 19.2. The van der Waals surface area contributed by atoms with E-state index in [1.54, 1.807) is 24.3 Å². The van der Waals surface area contributed by atoms with E-state index in [0.29, 0.717) is 22.8 Å². The number of benzene rings is 3. The van der Waals surface area contributed by atoms with Gasteiger partial charge in [-0.15, -0.1) is 0 Å². The first kappa shape index (κ1) is 22.6. The van der Waals surface area contributed by atoms with Gasteiger partial charge in [-0.1, -0.05) is 41.9 Å².